The quantitative estimate of drug-likeness (QED) is 0.237. The number of nitrogens with one attached hydrogen (secondary N) is 1. The van der Waals surface area contributed by atoms with E-state index in [1.54, 1.807) is 35.2 Å². The van der Waals surface area contributed by atoms with Crippen molar-refractivity contribution in [1.82, 2.24) is 10.2 Å². The molecule has 0 heterocycles. The third kappa shape index (κ3) is 8.32. The maximum atomic E-state index is 13.5. The molecule has 4 N–H and O–H groups in total. The van der Waals surface area contributed by atoms with Crippen molar-refractivity contribution in [1.29, 1.82) is 0 Å². The van der Waals surface area contributed by atoms with Gasteiger partial charge >= 0.3 is 0 Å². The van der Waals surface area contributed by atoms with Crippen LogP contribution in [0.25, 0.3) is 0 Å². The summed E-state index contributed by atoms with van der Waals surface area (Å²) >= 11 is 8.13. The normalized spacial score (nSPS) is 18.6. The van der Waals surface area contributed by atoms with Crippen LogP contribution in [0.3, 0.4) is 0 Å². The number of nitrogens with zero attached hydrogens (tertiary/aromatic N) is 1. The number of carbonyl (C=O) groups is 2. The second-order valence-corrected chi connectivity index (χ2v) is 11.1. The Morgan fingerprint density at radius 1 is 1.18 bits per heavy atom. The van der Waals surface area contributed by atoms with Crippen molar-refractivity contribution >= 4 is 46.0 Å². The molecule has 0 saturated heterocycles. The highest BCUT2D eigenvalue weighted by Crippen LogP contribution is 2.37. The summed E-state index contributed by atoms with van der Waals surface area (Å²) in [5, 5.41) is 33.7. The number of ether oxygens (including phenoxy) is 2. The average Bonchev–Trinajstić information content (AvgIpc) is 2.96. The molecule has 0 aliphatic heterocycles. The largest absolute Gasteiger partial charge is 0.493 e. The van der Waals surface area contributed by atoms with Gasteiger partial charge in [0.15, 0.2) is 11.5 Å². The van der Waals surface area contributed by atoms with Crippen LogP contribution in [0.15, 0.2) is 48.0 Å². The van der Waals surface area contributed by atoms with E-state index in [1.165, 1.54) is 7.11 Å². The first-order valence-corrected chi connectivity index (χ1v) is 14.6. The third-order valence-electron chi connectivity index (χ3n) is 6.67. The predicted molar refractivity (Wildman–Crippen MR) is 160 cm³/mol. The van der Waals surface area contributed by atoms with Gasteiger partial charge in [-0.3, -0.25) is 9.59 Å². The van der Waals surface area contributed by atoms with Crippen molar-refractivity contribution in [3.8, 4) is 11.5 Å². The van der Waals surface area contributed by atoms with Crippen molar-refractivity contribution in [2.24, 2.45) is 0 Å². The summed E-state index contributed by atoms with van der Waals surface area (Å²) in [6.45, 7) is 1.86. The topological polar surface area (TPSA) is 129 Å². The van der Waals surface area contributed by atoms with Crippen LogP contribution in [-0.4, -0.2) is 70.5 Å². The van der Waals surface area contributed by atoms with Crippen LogP contribution in [0.4, 0.5) is 0 Å². The minimum Gasteiger partial charge on any atom is -0.493 e. The number of rotatable bonds is 13. The highest BCUT2D eigenvalue weighted by atomic mass is 127. The summed E-state index contributed by atoms with van der Waals surface area (Å²) in [7, 11) is 1.48. The van der Waals surface area contributed by atoms with Gasteiger partial charge in [-0.05, 0) is 70.5 Å². The van der Waals surface area contributed by atoms with Gasteiger partial charge in [-0.2, -0.15) is 0 Å². The molecule has 40 heavy (non-hydrogen) atoms. The van der Waals surface area contributed by atoms with E-state index >= 15 is 0 Å². The van der Waals surface area contributed by atoms with Crippen LogP contribution < -0.4 is 14.8 Å². The van der Waals surface area contributed by atoms with Gasteiger partial charge < -0.3 is 35.0 Å². The molecule has 0 unspecified atom stereocenters. The molecule has 1 aliphatic carbocycles. The number of amides is 2. The Hall–Kier alpha value is -2.38. The number of carbonyl (C=O) groups excluding carboxylic acids is 2. The first-order valence-electron chi connectivity index (χ1n) is 13.2. The fourth-order valence-electron chi connectivity index (χ4n) is 4.54. The van der Waals surface area contributed by atoms with Gasteiger partial charge in [-0.1, -0.05) is 37.1 Å². The molecule has 3 rings (SSSR count). The van der Waals surface area contributed by atoms with Gasteiger partial charge in [0.25, 0.3) is 0 Å². The Balaban J connectivity index is 2.02. The van der Waals surface area contributed by atoms with Gasteiger partial charge in [0, 0.05) is 36.5 Å². The zero-order valence-corrected chi connectivity index (χ0v) is 25.5. The Labute approximate surface area is 253 Å². The number of methoxy groups -OCH3 is 1. The smallest absolute Gasteiger partial charge is 0.247 e. The van der Waals surface area contributed by atoms with Gasteiger partial charge in [-0.15, -0.1) is 0 Å². The number of hydrogen-bond acceptors (Lipinski definition) is 7. The monoisotopic (exact) mass is 686 g/mol. The zero-order valence-electron chi connectivity index (χ0n) is 22.6. The first kappa shape index (κ1) is 32.1. The second-order valence-electron chi connectivity index (χ2n) is 9.53. The molecule has 0 saturated carbocycles. The van der Waals surface area contributed by atoms with E-state index in [1.807, 2.05) is 19.1 Å². The molecular weight excluding hydrogens is 651 g/mol. The highest BCUT2D eigenvalue weighted by Gasteiger charge is 2.40. The molecule has 3 atom stereocenters. The molecule has 0 aromatic heterocycles. The molecule has 11 heteroatoms. The van der Waals surface area contributed by atoms with Crippen molar-refractivity contribution in [3.63, 3.8) is 0 Å². The Morgan fingerprint density at radius 3 is 2.52 bits per heavy atom. The molecule has 0 fully saturated rings. The maximum absolute atomic E-state index is 13.5. The van der Waals surface area contributed by atoms with Crippen LogP contribution in [0.2, 0.25) is 5.02 Å². The summed E-state index contributed by atoms with van der Waals surface area (Å²) in [6.07, 6.45) is 1.29. The summed E-state index contributed by atoms with van der Waals surface area (Å²) in [5.41, 5.74) is 1.79. The number of aliphatic hydroxyl groups excluding tert-OH is 3. The van der Waals surface area contributed by atoms with E-state index < -0.39 is 24.2 Å². The first-order chi connectivity index (χ1) is 19.2. The SMILES string of the molecule is CCCCC(=O)N(Cc1ccc(Cl)cc1)[C@@H]1CC(C(=O)NCCO)=C[C@H](Oc2c(I)cc(CO)cc2OC)[C@H]1O. The van der Waals surface area contributed by atoms with Crippen LogP contribution in [-0.2, 0) is 22.7 Å². The molecular formula is C29H36ClIN2O7. The molecule has 0 bridgehead atoms. The maximum Gasteiger partial charge on any atom is 0.247 e. The lowest BCUT2D eigenvalue weighted by molar-refractivity contribution is -0.139. The van der Waals surface area contributed by atoms with Crippen LogP contribution in [0.5, 0.6) is 11.5 Å². The Bertz CT molecular complexity index is 1190. The predicted octanol–water partition coefficient (Wildman–Crippen LogP) is 3.58. The van der Waals surface area contributed by atoms with E-state index in [9.17, 15) is 24.9 Å². The molecule has 0 radical (unpaired) electrons. The Morgan fingerprint density at radius 2 is 1.90 bits per heavy atom. The fourth-order valence-corrected chi connectivity index (χ4v) is 5.46. The number of halogens is 2. The van der Waals surface area contributed by atoms with E-state index in [2.05, 4.69) is 27.9 Å². The van der Waals surface area contributed by atoms with Gasteiger partial charge in [0.05, 0.1) is 29.9 Å². The molecule has 218 valence electrons. The Kier molecular flexibility index (Phi) is 12.5. The van der Waals surface area contributed by atoms with Crippen molar-refractivity contribution in [2.75, 3.05) is 20.3 Å². The average molecular weight is 687 g/mol. The fraction of sp³-hybridized carbons (Fsp3) is 0.448. The molecule has 0 spiro atoms. The van der Waals surface area contributed by atoms with E-state index in [0.29, 0.717) is 44.1 Å². The number of hydrogen-bond donors (Lipinski definition) is 4. The minimum atomic E-state index is -1.18. The summed E-state index contributed by atoms with van der Waals surface area (Å²) < 4.78 is 12.4. The number of benzene rings is 2. The zero-order chi connectivity index (χ0) is 29.2. The summed E-state index contributed by atoms with van der Waals surface area (Å²) in [5.74, 6) is 0.153. The van der Waals surface area contributed by atoms with Gasteiger partial charge in [-0.25, -0.2) is 0 Å². The number of unbranched alkanes of at least 4 members (excludes halogenated alkanes) is 1. The van der Waals surface area contributed by atoms with Gasteiger partial charge in [0.2, 0.25) is 11.8 Å². The highest BCUT2D eigenvalue weighted by molar-refractivity contribution is 14.1. The van der Waals surface area contributed by atoms with Crippen molar-refractivity contribution in [2.45, 2.75) is 64.0 Å². The lowest BCUT2D eigenvalue weighted by Gasteiger charge is -2.41. The number of aliphatic hydroxyl groups is 3. The van der Waals surface area contributed by atoms with E-state index in [-0.39, 0.29) is 38.6 Å². The van der Waals surface area contributed by atoms with Crippen molar-refractivity contribution < 1.29 is 34.4 Å². The standard InChI is InChI=1S/C29H36ClIN2O7/c1-3-4-5-26(36)33(16-18-6-8-21(30)9-7-18)23-14-20(29(38)32-10-11-34)15-24(27(23)37)40-28-22(31)12-19(17-35)13-25(28)39-2/h6-9,12-13,15,23-24,27,34-35,37H,3-5,10-11,14,16-17H2,1-2H3,(H,32,38)/t23-,24+,27+/m1/s1. The molecule has 1 aliphatic rings. The second kappa shape index (κ2) is 15.6. The molecule has 2 aromatic rings. The van der Waals surface area contributed by atoms with Crippen LogP contribution in [0.1, 0.15) is 43.7 Å². The third-order valence-corrected chi connectivity index (χ3v) is 7.72. The lowest BCUT2D eigenvalue weighted by Crippen LogP contribution is -2.54. The van der Waals surface area contributed by atoms with E-state index in [4.69, 9.17) is 21.1 Å². The minimum absolute atomic E-state index is 0.0627. The van der Waals surface area contributed by atoms with Crippen molar-refractivity contribution in [3.05, 3.63) is 67.8 Å². The summed E-state index contributed by atoms with van der Waals surface area (Å²) in [6, 6.07) is 9.75. The molecule has 9 nitrogen and oxygen atoms in total. The molecule has 2 aromatic carbocycles. The molecule has 2 amide bonds. The van der Waals surface area contributed by atoms with Crippen LogP contribution in [0, 0.1) is 3.57 Å². The summed E-state index contributed by atoms with van der Waals surface area (Å²) in [4.78, 5) is 28.2. The lowest BCUT2D eigenvalue weighted by atomic mass is 9.87. The van der Waals surface area contributed by atoms with Gasteiger partial charge in [0.1, 0.15) is 12.2 Å². The van der Waals surface area contributed by atoms with E-state index in [0.717, 1.165) is 12.0 Å². The van der Waals surface area contributed by atoms with Crippen LogP contribution >= 0.6 is 34.2 Å².